The van der Waals surface area contributed by atoms with E-state index >= 15 is 0 Å². The van der Waals surface area contributed by atoms with Gasteiger partial charge in [-0.15, -0.1) is 0 Å². The van der Waals surface area contributed by atoms with E-state index in [4.69, 9.17) is 4.74 Å². The van der Waals surface area contributed by atoms with Crippen molar-refractivity contribution in [1.29, 1.82) is 0 Å². The standard InChI is InChI=1S/C9H14O3S/c1-4-13-5-6(2)12-9(11)8(13)7(3)10/h6H,4-5H2,1-3H3/t6-,13?/m0/s1. The molecule has 1 aliphatic rings. The minimum absolute atomic E-state index is 0.0427. The Hall–Kier alpha value is -0.640. The van der Waals surface area contributed by atoms with Crippen molar-refractivity contribution in [3.63, 3.8) is 0 Å². The van der Waals surface area contributed by atoms with E-state index in [0.717, 1.165) is 11.5 Å². The third-order valence-electron chi connectivity index (χ3n) is 1.89. The lowest BCUT2D eigenvalue weighted by Gasteiger charge is -2.23. The van der Waals surface area contributed by atoms with Gasteiger partial charge in [0.2, 0.25) is 0 Å². The average Bonchev–Trinajstić information content (AvgIpc) is 2.01. The number of rotatable bonds is 2. The third kappa shape index (κ3) is 2.18. The fourth-order valence-electron chi connectivity index (χ4n) is 1.36. The largest absolute Gasteiger partial charge is 0.458 e. The van der Waals surface area contributed by atoms with Crippen LogP contribution in [-0.4, -0.2) is 34.2 Å². The fraction of sp³-hybridized carbons (Fsp3) is 0.667. The van der Waals surface area contributed by atoms with Crippen molar-refractivity contribution in [3.05, 3.63) is 0 Å². The van der Waals surface area contributed by atoms with Crippen LogP contribution in [-0.2, 0) is 14.3 Å². The van der Waals surface area contributed by atoms with Crippen molar-refractivity contribution in [2.24, 2.45) is 0 Å². The van der Waals surface area contributed by atoms with E-state index in [1.807, 2.05) is 13.8 Å². The van der Waals surface area contributed by atoms with Gasteiger partial charge in [0.05, 0.1) is 0 Å². The molecule has 0 fully saturated rings. The van der Waals surface area contributed by atoms with E-state index in [9.17, 15) is 9.59 Å². The molecule has 1 rings (SSSR count). The van der Waals surface area contributed by atoms with Gasteiger partial charge in [0, 0.05) is 5.75 Å². The second-order valence-electron chi connectivity index (χ2n) is 3.05. The first-order chi connectivity index (χ1) is 6.06. The quantitative estimate of drug-likeness (QED) is 0.495. The molecule has 0 aromatic rings. The Morgan fingerprint density at radius 2 is 2.31 bits per heavy atom. The first-order valence-corrected chi connectivity index (χ1v) is 5.89. The maximum absolute atomic E-state index is 11.3. The summed E-state index contributed by atoms with van der Waals surface area (Å²) in [4.78, 5) is 22.9. The monoisotopic (exact) mass is 202 g/mol. The predicted molar refractivity (Wildman–Crippen MR) is 54.2 cm³/mol. The van der Waals surface area contributed by atoms with Crippen molar-refractivity contribution >= 4 is 27.1 Å². The molecule has 13 heavy (non-hydrogen) atoms. The third-order valence-corrected chi connectivity index (χ3v) is 4.49. The summed E-state index contributed by atoms with van der Waals surface area (Å²) in [5.41, 5.74) is 0. The van der Waals surface area contributed by atoms with Crippen molar-refractivity contribution < 1.29 is 14.3 Å². The molecule has 4 heteroatoms. The molecule has 0 bridgehead atoms. The van der Waals surface area contributed by atoms with Crippen LogP contribution < -0.4 is 0 Å². The zero-order valence-electron chi connectivity index (χ0n) is 8.12. The number of carbonyl (C=O) groups excluding carboxylic acids is 2. The highest BCUT2D eigenvalue weighted by Gasteiger charge is 2.27. The summed E-state index contributed by atoms with van der Waals surface area (Å²) in [6, 6.07) is 0. The molecule has 2 atom stereocenters. The summed E-state index contributed by atoms with van der Waals surface area (Å²) in [6.45, 7) is 5.30. The number of ketones is 1. The summed E-state index contributed by atoms with van der Waals surface area (Å²) >= 11 is 0. The van der Waals surface area contributed by atoms with Gasteiger partial charge in [0.25, 0.3) is 0 Å². The fourth-order valence-corrected chi connectivity index (χ4v) is 3.38. The molecule has 0 N–H and O–H groups in total. The Morgan fingerprint density at radius 3 is 2.77 bits per heavy atom. The maximum atomic E-state index is 11.3. The number of esters is 1. The molecule has 0 saturated heterocycles. The highest BCUT2D eigenvalue weighted by Crippen LogP contribution is 2.23. The number of hydrogen-bond acceptors (Lipinski definition) is 3. The van der Waals surface area contributed by atoms with Gasteiger partial charge in [-0.05, 0) is 19.6 Å². The van der Waals surface area contributed by atoms with Gasteiger partial charge in [0.1, 0.15) is 11.0 Å². The summed E-state index contributed by atoms with van der Waals surface area (Å²) in [7, 11) is -0.187. The molecule has 74 valence electrons. The SMILES string of the molecule is CCS1=C(C(C)=O)C(=O)O[C@@H](C)C1. The summed E-state index contributed by atoms with van der Waals surface area (Å²) in [5, 5.41) is 0. The van der Waals surface area contributed by atoms with Crippen molar-refractivity contribution in [1.82, 2.24) is 0 Å². The molecule has 1 heterocycles. The van der Waals surface area contributed by atoms with Crippen LogP contribution in [0.4, 0.5) is 0 Å². The molecule has 0 amide bonds. The molecule has 1 aliphatic heterocycles. The minimum Gasteiger partial charge on any atom is -0.458 e. The molecular weight excluding hydrogens is 188 g/mol. The van der Waals surface area contributed by atoms with E-state index in [-0.39, 0.29) is 22.4 Å². The second kappa shape index (κ2) is 4.05. The Kier molecular flexibility index (Phi) is 3.25. The highest BCUT2D eigenvalue weighted by atomic mass is 32.2. The molecule has 0 aliphatic carbocycles. The smallest absolute Gasteiger partial charge is 0.347 e. The molecule has 1 unspecified atom stereocenters. The van der Waals surface area contributed by atoms with Gasteiger partial charge in [-0.2, -0.15) is 10.5 Å². The van der Waals surface area contributed by atoms with Crippen LogP contribution >= 0.6 is 10.5 Å². The Labute approximate surface area is 80.4 Å². The topological polar surface area (TPSA) is 43.4 Å². The lowest BCUT2D eigenvalue weighted by atomic mass is 10.3. The van der Waals surface area contributed by atoms with Gasteiger partial charge >= 0.3 is 5.97 Å². The van der Waals surface area contributed by atoms with E-state index < -0.39 is 5.97 Å². The predicted octanol–water partition coefficient (Wildman–Crippen LogP) is 0.982. The lowest BCUT2D eigenvalue weighted by Crippen LogP contribution is -2.34. The van der Waals surface area contributed by atoms with Gasteiger partial charge in [-0.3, -0.25) is 4.79 Å². The number of hydrogen-bond donors (Lipinski definition) is 0. The van der Waals surface area contributed by atoms with Gasteiger partial charge in [-0.1, -0.05) is 6.92 Å². The normalized spacial score (nSPS) is 28.5. The number of ether oxygens (including phenoxy) is 1. The zero-order chi connectivity index (χ0) is 10.0. The van der Waals surface area contributed by atoms with Crippen LogP contribution in [0.5, 0.6) is 0 Å². The number of cyclic esters (lactones) is 1. The van der Waals surface area contributed by atoms with Crippen LogP contribution in [0.25, 0.3) is 0 Å². The van der Waals surface area contributed by atoms with E-state index in [0.29, 0.717) is 4.86 Å². The van der Waals surface area contributed by atoms with Crippen molar-refractivity contribution in [2.75, 3.05) is 11.5 Å². The van der Waals surface area contributed by atoms with Crippen molar-refractivity contribution in [3.8, 4) is 0 Å². The molecule has 0 aromatic heterocycles. The minimum atomic E-state index is -0.406. The van der Waals surface area contributed by atoms with Crippen molar-refractivity contribution in [2.45, 2.75) is 26.9 Å². The van der Waals surface area contributed by atoms with Gasteiger partial charge in [0.15, 0.2) is 5.78 Å². The van der Waals surface area contributed by atoms with Crippen LogP contribution in [0.15, 0.2) is 0 Å². The molecule has 0 spiro atoms. The molecule has 3 nitrogen and oxygen atoms in total. The van der Waals surface area contributed by atoms with E-state index in [1.54, 1.807) is 0 Å². The first-order valence-electron chi connectivity index (χ1n) is 4.32. The average molecular weight is 202 g/mol. The Morgan fingerprint density at radius 1 is 1.69 bits per heavy atom. The first kappa shape index (κ1) is 10.4. The number of carbonyl (C=O) groups is 2. The zero-order valence-corrected chi connectivity index (χ0v) is 8.94. The Bertz CT molecular complexity index is 281. The van der Waals surface area contributed by atoms with Gasteiger partial charge in [-0.25, -0.2) is 4.79 Å². The van der Waals surface area contributed by atoms with E-state index in [1.165, 1.54) is 6.92 Å². The molecular formula is C9H14O3S. The number of Topliss-reactive ketones (excluding diaryl/α,β-unsaturated/α-hetero) is 1. The van der Waals surface area contributed by atoms with E-state index in [2.05, 4.69) is 0 Å². The second-order valence-corrected chi connectivity index (χ2v) is 5.35. The Balaban J connectivity index is 3.06. The summed E-state index contributed by atoms with van der Waals surface area (Å²) in [5.74, 6) is 1.12. The highest BCUT2D eigenvalue weighted by molar-refractivity contribution is 8.18. The molecule has 0 saturated carbocycles. The molecule has 0 aromatic carbocycles. The summed E-state index contributed by atoms with van der Waals surface area (Å²) in [6.07, 6.45) is -0.0427. The lowest BCUT2D eigenvalue weighted by molar-refractivity contribution is -0.139. The van der Waals surface area contributed by atoms with Crippen LogP contribution in [0, 0.1) is 0 Å². The van der Waals surface area contributed by atoms with Crippen LogP contribution in [0.2, 0.25) is 0 Å². The maximum Gasteiger partial charge on any atom is 0.347 e. The van der Waals surface area contributed by atoms with Crippen LogP contribution in [0.1, 0.15) is 20.8 Å². The van der Waals surface area contributed by atoms with Crippen LogP contribution in [0.3, 0.4) is 0 Å². The van der Waals surface area contributed by atoms with Gasteiger partial charge < -0.3 is 4.74 Å². The summed E-state index contributed by atoms with van der Waals surface area (Å²) < 4.78 is 5.00. The molecule has 0 radical (unpaired) electrons.